The number of hydrogen-bond acceptors (Lipinski definition) is 3. The molecular formula is C9H19N2ORh-. The van der Waals surface area contributed by atoms with Crippen LogP contribution in [0.3, 0.4) is 0 Å². The van der Waals surface area contributed by atoms with Gasteiger partial charge in [-0.2, -0.15) is 0 Å². The Morgan fingerprint density at radius 1 is 1.54 bits per heavy atom. The summed E-state index contributed by atoms with van der Waals surface area (Å²) in [6, 6.07) is -0.0680. The van der Waals surface area contributed by atoms with Crippen molar-refractivity contribution in [2.24, 2.45) is 5.73 Å². The molecule has 0 aliphatic rings. The van der Waals surface area contributed by atoms with Crippen LogP contribution in [0.15, 0.2) is 0 Å². The second-order valence-electron chi connectivity index (χ2n) is 2.86. The number of hydrogen-bond donors (Lipinski definition) is 2. The smallest absolute Gasteiger partial charge is 0.147 e. The first kappa shape index (κ1) is 15.7. The molecule has 0 aromatic carbocycles. The predicted molar refractivity (Wildman–Crippen MR) is 50.5 cm³/mol. The zero-order chi connectivity index (χ0) is 9.40. The first-order valence-electron chi connectivity index (χ1n) is 4.51. The van der Waals surface area contributed by atoms with E-state index in [0.29, 0.717) is 13.0 Å². The monoisotopic (exact) mass is 274 g/mol. The standard InChI is InChI=1S/C9H19N2O.Rh/c1-3-9(12)8(11-2)6-4-5-7-10;/h8,11H,2-7,10H2,1H3;/q-1;. The molecule has 0 aliphatic carbocycles. The molecule has 0 bridgehead atoms. The summed E-state index contributed by atoms with van der Waals surface area (Å²) in [4.78, 5) is 11.2. The Bertz CT molecular complexity index is 131. The van der Waals surface area contributed by atoms with Gasteiger partial charge in [0.05, 0.1) is 0 Å². The first-order chi connectivity index (χ1) is 5.76. The van der Waals surface area contributed by atoms with E-state index in [-0.39, 0.29) is 31.3 Å². The third-order valence-corrected chi connectivity index (χ3v) is 1.93. The molecular weight excluding hydrogens is 255 g/mol. The van der Waals surface area contributed by atoms with Gasteiger partial charge in [-0.1, -0.05) is 13.3 Å². The number of ketones is 1. The molecule has 1 atom stereocenters. The molecule has 1 unspecified atom stereocenters. The summed E-state index contributed by atoms with van der Waals surface area (Å²) in [5, 5.41) is 2.77. The molecule has 0 saturated carbocycles. The van der Waals surface area contributed by atoms with Gasteiger partial charge in [-0.05, 0) is 19.4 Å². The quantitative estimate of drug-likeness (QED) is 0.411. The summed E-state index contributed by atoms with van der Waals surface area (Å²) in [5.41, 5.74) is 5.34. The molecule has 0 aromatic heterocycles. The topological polar surface area (TPSA) is 55.1 Å². The maximum absolute atomic E-state index is 11.2. The third-order valence-electron chi connectivity index (χ3n) is 1.93. The Hall–Kier alpha value is 0.213. The molecule has 3 N–H and O–H groups in total. The molecule has 0 aliphatic heterocycles. The normalized spacial score (nSPS) is 11.9. The number of carbonyl (C=O) groups excluding carboxylic acids is 1. The van der Waals surface area contributed by atoms with Gasteiger partial charge in [0.1, 0.15) is 5.78 Å². The number of nitrogens with one attached hydrogen (secondary N) is 1. The summed E-state index contributed by atoms with van der Waals surface area (Å²) in [6.45, 7) is 2.57. The fraction of sp³-hybridized carbons (Fsp3) is 0.778. The van der Waals surface area contributed by atoms with Crippen molar-refractivity contribution in [2.75, 3.05) is 6.54 Å². The van der Waals surface area contributed by atoms with Crippen LogP contribution in [0.2, 0.25) is 0 Å². The van der Waals surface area contributed by atoms with Crippen molar-refractivity contribution in [3.8, 4) is 0 Å². The summed E-state index contributed by atoms with van der Waals surface area (Å²) < 4.78 is 0. The molecule has 0 spiro atoms. The van der Waals surface area contributed by atoms with Crippen LogP contribution in [-0.2, 0) is 24.3 Å². The van der Waals surface area contributed by atoms with E-state index in [0.717, 1.165) is 19.3 Å². The van der Waals surface area contributed by atoms with Crippen LogP contribution in [0.1, 0.15) is 32.6 Å². The van der Waals surface area contributed by atoms with Crippen molar-refractivity contribution in [1.29, 1.82) is 0 Å². The fourth-order valence-corrected chi connectivity index (χ4v) is 1.12. The van der Waals surface area contributed by atoms with Gasteiger partial charge in [-0.25, -0.2) is 0 Å². The summed E-state index contributed by atoms with van der Waals surface area (Å²) >= 11 is 0. The number of unbranched alkanes of at least 4 members (excludes halogenated alkanes) is 1. The summed E-state index contributed by atoms with van der Waals surface area (Å²) in [7, 11) is 3.53. The maximum Gasteiger partial charge on any atom is 0.147 e. The minimum absolute atomic E-state index is 0. The molecule has 0 saturated heterocycles. The van der Waals surface area contributed by atoms with E-state index in [1.807, 2.05) is 6.92 Å². The fourth-order valence-electron chi connectivity index (χ4n) is 1.12. The van der Waals surface area contributed by atoms with Crippen molar-refractivity contribution in [1.82, 2.24) is 5.32 Å². The van der Waals surface area contributed by atoms with E-state index in [2.05, 4.69) is 12.4 Å². The van der Waals surface area contributed by atoms with Crippen molar-refractivity contribution < 1.29 is 24.3 Å². The van der Waals surface area contributed by atoms with Gasteiger partial charge in [-0.15, -0.1) is 0 Å². The van der Waals surface area contributed by atoms with Crippen LogP contribution in [0.5, 0.6) is 0 Å². The van der Waals surface area contributed by atoms with Gasteiger partial charge >= 0.3 is 0 Å². The predicted octanol–water partition coefficient (Wildman–Crippen LogP) is 0.842. The third kappa shape index (κ3) is 7.30. The zero-order valence-corrected chi connectivity index (χ0v) is 9.78. The van der Waals surface area contributed by atoms with Gasteiger partial charge in [0.15, 0.2) is 0 Å². The Kier molecular flexibility index (Phi) is 12.4. The van der Waals surface area contributed by atoms with Crippen LogP contribution in [0, 0.1) is 7.05 Å². The number of carbonyl (C=O) groups is 1. The average molecular weight is 274 g/mol. The zero-order valence-electron chi connectivity index (χ0n) is 8.14. The minimum atomic E-state index is -0.0680. The minimum Gasteiger partial charge on any atom is -0.464 e. The molecule has 0 aromatic rings. The Morgan fingerprint density at radius 3 is 2.54 bits per heavy atom. The molecule has 4 heteroatoms. The van der Waals surface area contributed by atoms with E-state index >= 15 is 0 Å². The van der Waals surface area contributed by atoms with Crippen LogP contribution in [-0.4, -0.2) is 18.4 Å². The second kappa shape index (κ2) is 10.3. The molecule has 0 heterocycles. The van der Waals surface area contributed by atoms with E-state index in [1.165, 1.54) is 0 Å². The summed E-state index contributed by atoms with van der Waals surface area (Å²) in [6.07, 6.45) is 3.41. The average Bonchev–Trinajstić information content (AvgIpc) is 2.11. The number of nitrogens with two attached hydrogens (primary N) is 1. The molecule has 3 nitrogen and oxygen atoms in total. The Morgan fingerprint density at radius 2 is 2.15 bits per heavy atom. The van der Waals surface area contributed by atoms with Gasteiger partial charge < -0.3 is 11.1 Å². The maximum atomic E-state index is 11.2. The van der Waals surface area contributed by atoms with Gasteiger partial charge in [0, 0.05) is 31.9 Å². The van der Waals surface area contributed by atoms with Crippen LogP contribution in [0.4, 0.5) is 0 Å². The van der Waals surface area contributed by atoms with Gasteiger partial charge in [0.2, 0.25) is 0 Å². The van der Waals surface area contributed by atoms with Crippen LogP contribution in [0.25, 0.3) is 0 Å². The van der Waals surface area contributed by atoms with Crippen molar-refractivity contribution in [2.45, 2.75) is 38.6 Å². The van der Waals surface area contributed by atoms with Gasteiger partial charge in [-0.3, -0.25) is 11.8 Å². The van der Waals surface area contributed by atoms with E-state index in [9.17, 15) is 4.79 Å². The Balaban J connectivity index is 0. The summed E-state index contributed by atoms with van der Waals surface area (Å²) in [5.74, 6) is 0.238. The van der Waals surface area contributed by atoms with Crippen LogP contribution < -0.4 is 11.1 Å². The largest absolute Gasteiger partial charge is 0.464 e. The van der Waals surface area contributed by atoms with E-state index < -0.39 is 0 Å². The van der Waals surface area contributed by atoms with E-state index in [4.69, 9.17) is 5.73 Å². The van der Waals surface area contributed by atoms with Gasteiger partial charge in [0.25, 0.3) is 0 Å². The molecule has 81 valence electrons. The molecule has 0 amide bonds. The number of rotatable bonds is 7. The van der Waals surface area contributed by atoms with Crippen molar-refractivity contribution in [3.05, 3.63) is 7.05 Å². The molecule has 0 fully saturated rings. The second-order valence-corrected chi connectivity index (χ2v) is 2.86. The van der Waals surface area contributed by atoms with Crippen molar-refractivity contribution in [3.63, 3.8) is 0 Å². The molecule has 1 radical (unpaired) electrons. The molecule has 0 rings (SSSR count). The Labute approximate surface area is 93.6 Å². The molecule has 13 heavy (non-hydrogen) atoms. The SMILES string of the molecule is [CH2-]NC(CCCCN)C(=O)CC.[Rh]. The van der Waals surface area contributed by atoms with Crippen LogP contribution >= 0.6 is 0 Å². The number of Topliss-reactive ketones (excluding diaryl/α,β-unsaturated/α-hetero) is 1. The van der Waals surface area contributed by atoms with Crippen molar-refractivity contribution >= 4 is 5.78 Å². The first-order valence-corrected chi connectivity index (χ1v) is 4.51. The van der Waals surface area contributed by atoms with E-state index in [1.54, 1.807) is 0 Å².